The summed E-state index contributed by atoms with van der Waals surface area (Å²) in [6.45, 7) is 6.06. The quantitative estimate of drug-likeness (QED) is 0.413. The van der Waals surface area contributed by atoms with E-state index in [9.17, 15) is 14.4 Å². The molecule has 0 aromatic rings. The second kappa shape index (κ2) is 4.56. The number of fused-ring (bicyclic) bond motifs is 1. The highest BCUT2D eigenvalue weighted by atomic mass is 16.7. The summed E-state index contributed by atoms with van der Waals surface area (Å²) in [5, 5.41) is 0. The van der Waals surface area contributed by atoms with E-state index in [1.165, 1.54) is 6.92 Å². The van der Waals surface area contributed by atoms with Crippen LogP contribution in [0.4, 0.5) is 0 Å². The van der Waals surface area contributed by atoms with Gasteiger partial charge >= 0.3 is 17.9 Å². The molecular formula is C14H16O7. The fraction of sp³-hybridized carbons (Fsp3) is 0.643. The Balaban J connectivity index is 1.63. The zero-order valence-corrected chi connectivity index (χ0v) is 11.8. The van der Waals surface area contributed by atoms with Crippen LogP contribution < -0.4 is 0 Å². The van der Waals surface area contributed by atoms with E-state index in [2.05, 4.69) is 6.58 Å². The maximum atomic E-state index is 11.8. The van der Waals surface area contributed by atoms with E-state index in [4.69, 9.17) is 18.9 Å². The summed E-state index contributed by atoms with van der Waals surface area (Å²) in [5.74, 6) is -1.93. The molecule has 3 fully saturated rings. The predicted molar refractivity (Wildman–Crippen MR) is 66.9 cm³/mol. The van der Waals surface area contributed by atoms with Gasteiger partial charge in [0.25, 0.3) is 0 Å². The van der Waals surface area contributed by atoms with Crippen molar-refractivity contribution in [2.45, 2.75) is 44.2 Å². The highest BCUT2D eigenvalue weighted by Gasteiger charge is 2.71. The minimum atomic E-state index is -1.03. The molecule has 3 rings (SSSR count). The lowest BCUT2D eigenvalue weighted by Crippen LogP contribution is -2.51. The molecule has 0 aliphatic carbocycles. The summed E-state index contributed by atoms with van der Waals surface area (Å²) in [5.41, 5.74) is -0.829. The van der Waals surface area contributed by atoms with Crippen LogP contribution in [0.5, 0.6) is 0 Å². The van der Waals surface area contributed by atoms with Crippen molar-refractivity contribution in [1.82, 2.24) is 0 Å². The Bertz CT molecular complexity index is 539. The summed E-state index contributed by atoms with van der Waals surface area (Å²) in [7, 11) is 0. The van der Waals surface area contributed by atoms with Crippen molar-refractivity contribution in [2.24, 2.45) is 5.92 Å². The molecule has 0 aromatic heterocycles. The second-order valence-electron chi connectivity index (χ2n) is 5.80. The van der Waals surface area contributed by atoms with Gasteiger partial charge in [-0.1, -0.05) is 6.58 Å². The Labute approximate surface area is 121 Å². The van der Waals surface area contributed by atoms with E-state index < -0.39 is 30.3 Å². The van der Waals surface area contributed by atoms with E-state index in [-0.39, 0.29) is 29.7 Å². The number of ether oxygens (including phenoxy) is 4. The molecule has 0 radical (unpaired) electrons. The van der Waals surface area contributed by atoms with Gasteiger partial charge in [0.1, 0.15) is 12.2 Å². The monoisotopic (exact) mass is 296 g/mol. The molecule has 7 nitrogen and oxygen atoms in total. The molecule has 0 spiro atoms. The minimum absolute atomic E-state index is 0.199. The molecule has 3 aliphatic rings. The molecule has 0 aromatic carbocycles. The largest absolute Gasteiger partial charge is 0.455 e. The molecule has 5 atom stereocenters. The van der Waals surface area contributed by atoms with Gasteiger partial charge in [0.15, 0.2) is 18.3 Å². The van der Waals surface area contributed by atoms with Crippen LogP contribution in [-0.4, -0.2) is 48.4 Å². The van der Waals surface area contributed by atoms with Crippen LogP contribution in [0.1, 0.15) is 20.3 Å². The number of carbonyl (C=O) groups excluding carboxylic acids is 3. The van der Waals surface area contributed by atoms with Crippen molar-refractivity contribution >= 4 is 17.9 Å². The van der Waals surface area contributed by atoms with Gasteiger partial charge in [0.2, 0.25) is 0 Å². The SMILES string of the molecule is C=C(C)C(=O)OCC(=O)OC1(C)C2CC3C(=O)OC1C3O2. The number of esters is 3. The highest BCUT2D eigenvalue weighted by molar-refractivity contribution is 5.88. The zero-order valence-electron chi connectivity index (χ0n) is 11.8. The number of hydrogen-bond donors (Lipinski definition) is 0. The number of hydrogen-bond acceptors (Lipinski definition) is 7. The zero-order chi connectivity index (χ0) is 15.4. The standard InChI is InChI=1S/C14H16O7/c1-6(2)12(16)18-5-9(15)21-14(3)8-4-7-10(19-8)11(14)20-13(7)17/h7-8,10-11H,1,4-5H2,2-3H3. The van der Waals surface area contributed by atoms with Gasteiger partial charge in [-0.05, 0) is 20.3 Å². The fourth-order valence-electron chi connectivity index (χ4n) is 3.14. The van der Waals surface area contributed by atoms with Gasteiger partial charge in [-0.15, -0.1) is 0 Å². The highest BCUT2D eigenvalue weighted by Crippen LogP contribution is 2.52. The summed E-state index contributed by atoms with van der Waals surface area (Å²) >= 11 is 0. The molecule has 2 bridgehead atoms. The lowest BCUT2D eigenvalue weighted by Gasteiger charge is -2.33. The van der Waals surface area contributed by atoms with Gasteiger partial charge in [-0.3, -0.25) is 4.79 Å². The van der Waals surface area contributed by atoms with Crippen LogP contribution in [0.25, 0.3) is 0 Å². The third kappa shape index (κ3) is 2.03. The molecule has 114 valence electrons. The maximum absolute atomic E-state index is 11.8. The van der Waals surface area contributed by atoms with E-state index in [0.717, 1.165) is 0 Å². The first kappa shape index (κ1) is 14.1. The average Bonchev–Trinajstić information content (AvgIpc) is 3.01. The Morgan fingerprint density at radius 3 is 2.86 bits per heavy atom. The van der Waals surface area contributed by atoms with Crippen LogP contribution in [0.3, 0.4) is 0 Å². The molecule has 3 saturated heterocycles. The van der Waals surface area contributed by atoms with Crippen LogP contribution in [-0.2, 0) is 33.3 Å². The van der Waals surface area contributed by atoms with Crippen molar-refractivity contribution in [1.29, 1.82) is 0 Å². The topological polar surface area (TPSA) is 88.1 Å². The normalized spacial score (nSPS) is 39.0. The molecule has 21 heavy (non-hydrogen) atoms. The van der Waals surface area contributed by atoms with Crippen molar-refractivity contribution in [2.75, 3.05) is 6.61 Å². The maximum Gasteiger partial charge on any atom is 0.345 e. The Morgan fingerprint density at radius 2 is 2.19 bits per heavy atom. The first-order chi connectivity index (χ1) is 9.83. The van der Waals surface area contributed by atoms with Crippen LogP contribution in [0.15, 0.2) is 12.2 Å². The number of carbonyl (C=O) groups is 3. The van der Waals surface area contributed by atoms with Gasteiger partial charge in [-0.25, -0.2) is 9.59 Å². The van der Waals surface area contributed by atoms with Crippen LogP contribution in [0, 0.1) is 5.92 Å². The Morgan fingerprint density at radius 1 is 1.48 bits per heavy atom. The molecule has 7 heteroatoms. The van der Waals surface area contributed by atoms with E-state index in [1.807, 2.05) is 0 Å². The van der Waals surface area contributed by atoms with Gasteiger partial charge in [-0.2, -0.15) is 0 Å². The van der Waals surface area contributed by atoms with E-state index >= 15 is 0 Å². The van der Waals surface area contributed by atoms with E-state index in [0.29, 0.717) is 6.42 Å². The van der Waals surface area contributed by atoms with Gasteiger partial charge in [0.05, 0.1) is 5.92 Å². The average molecular weight is 296 g/mol. The second-order valence-corrected chi connectivity index (χ2v) is 5.80. The molecule has 3 heterocycles. The Kier molecular flexibility index (Phi) is 3.05. The summed E-state index contributed by atoms with van der Waals surface area (Å²) in [4.78, 5) is 34.7. The van der Waals surface area contributed by atoms with Crippen LogP contribution >= 0.6 is 0 Å². The van der Waals surface area contributed by atoms with Crippen molar-refractivity contribution in [3.63, 3.8) is 0 Å². The smallest absolute Gasteiger partial charge is 0.345 e. The Hall–Kier alpha value is -1.89. The van der Waals surface area contributed by atoms with Gasteiger partial charge in [0, 0.05) is 5.57 Å². The first-order valence-electron chi connectivity index (χ1n) is 6.73. The third-order valence-corrected chi connectivity index (χ3v) is 4.24. The molecule has 0 amide bonds. The third-order valence-electron chi connectivity index (χ3n) is 4.24. The fourth-order valence-corrected chi connectivity index (χ4v) is 3.14. The lowest BCUT2D eigenvalue weighted by molar-refractivity contribution is -0.182. The molecule has 0 N–H and O–H groups in total. The lowest BCUT2D eigenvalue weighted by atomic mass is 9.80. The molecule has 5 unspecified atom stereocenters. The van der Waals surface area contributed by atoms with Crippen LogP contribution in [0.2, 0.25) is 0 Å². The first-order valence-corrected chi connectivity index (χ1v) is 6.73. The molecule has 3 aliphatic heterocycles. The summed E-state index contributed by atoms with van der Waals surface area (Å²) in [6, 6.07) is 0. The van der Waals surface area contributed by atoms with Crippen molar-refractivity contribution in [3.05, 3.63) is 12.2 Å². The van der Waals surface area contributed by atoms with Gasteiger partial charge < -0.3 is 18.9 Å². The number of rotatable bonds is 4. The summed E-state index contributed by atoms with van der Waals surface area (Å²) < 4.78 is 21.1. The van der Waals surface area contributed by atoms with E-state index in [1.54, 1.807) is 6.92 Å². The summed E-state index contributed by atoms with van der Waals surface area (Å²) in [6.07, 6.45) is -0.826. The minimum Gasteiger partial charge on any atom is -0.455 e. The predicted octanol–water partition coefficient (Wildman–Crippen LogP) is 0.120. The van der Waals surface area contributed by atoms with Crippen molar-refractivity contribution < 1.29 is 33.3 Å². The molecule has 0 saturated carbocycles. The van der Waals surface area contributed by atoms with Crippen molar-refractivity contribution in [3.8, 4) is 0 Å². The molecular weight excluding hydrogens is 280 g/mol.